The number of carboxylic acids is 1. The van der Waals surface area contributed by atoms with E-state index < -0.39 is 5.97 Å². The fourth-order valence-electron chi connectivity index (χ4n) is 1.35. The van der Waals surface area contributed by atoms with E-state index in [1.54, 1.807) is 19.2 Å². The molecule has 1 amide bonds. The summed E-state index contributed by atoms with van der Waals surface area (Å²) < 4.78 is 0. The number of aliphatic carboxylic acids is 1. The number of carbonyl (C=O) groups is 2. The Kier molecular flexibility index (Phi) is 3.83. The lowest BCUT2D eigenvalue weighted by Gasteiger charge is -2.03. The van der Waals surface area contributed by atoms with Crippen LogP contribution in [-0.2, 0) is 4.79 Å². The highest BCUT2D eigenvalue weighted by atomic mass is 16.4. The monoisotopic (exact) mass is 219 g/mol. The van der Waals surface area contributed by atoms with Gasteiger partial charge in [0.15, 0.2) is 0 Å². The molecule has 0 radical (unpaired) electrons. The molecular weight excluding hydrogens is 206 g/mol. The van der Waals surface area contributed by atoms with E-state index in [1.165, 1.54) is 6.08 Å². The minimum Gasteiger partial charge on any atom is -0.478 e. The molecule has 1 aromatic carbocycles. The summed E-state index contributed by atoms with van der Waals surface area (Å²) in [6, 6.07) is 5.20. The quantitative estimate of drug-likeness (QED) is 0.756. The highest BCUT2D eigenvalue weighted by Crippen LogP contribution is 2.11. The highest BCUT2D eigenvalue weighted by Gasteiger charge is 2.04. The molecule has 1 rings (SSSR count). The number of rotatable bonds is 3. The number of hydrogen-bond donors (Lipinski definition) is 2. The summed E-state index contributed by atoms with van der Waals surface area (Å²) in [6.45, 7) is 1.85. The van der Waals surface area contributed by atoms with Crippen LogP contribution in [0.15, 0.2) is 24.3 Å². The summed E-state index contributed by atoms with van der Waals surface area (Å²) in [5.74, 6) is -1.20. The number of aryl methyl sites for hydroxylation is 1. The second kappa shape index (κ2) is 5.11. The van der Waals surface area contributed by atoms with E-state index in [9.17, 15) is 9.59 Å². The van der Waals surface area contributed by atoms with Crippen LogP contribution in [0, 0.1) is 6.92 Å². The van der Waals surface area contributed by atoms with Gasteiger partial charge in [-0.05, 0) is 36.3 Å². The van der Waals surface area contributed by atoms with Crippen molar-refractivity contribution in [1.82, 2.24) is 5.32 Å². The van der Waals surface area contributed by atoms with E-state index in [0.717, 1.165) is 11.6 Å². The molecule has 2 N–H and O–H groups in total. The molecule has 0 unspecified atom stereocenters. The predicted molar refractivity (Wildman–Crippen MR) is 61.2 cm³/mol. The van der Waals surface area contributed by atoms with Crippen molar-refractivity contribution in [3.63, 3.8) is 0 Å². The Bertz CT molecular complexity index is 450. The normalized spacial score (nSPS) is 10.4. The van der Waals surface area contributed by atoms with Crippen LogP contribution in [0.2, 0.25) is 0 Å². The number of hydrogen-bond acceptors (Lipinski definition) is 2. The summed E-state index contributed by atoms with van der Waals surface area (Å²) in [6.07, 6.45) is 2.50. The van der Waals surface area contributed by atoms with Crippen LogP contribution < -0.4 is 5.32 Å². The Morgan fingerprint density at radius 2 is 2.00 bits per heavy atom. The first-order chi connectivity index (χ1) is 7.52. The van der Waals surface area contributed by atoms with Crippen molar-refractivity contribution in [2.45, 2.75) is 6.92 Å². The lowest BCUT2D eigenvalue weighted by atomic mass is 10.1. The molecule has 0 saturated heterocycles. The van der Waals surface area contributed by atoms with E-state index >= 15 is 0 Å². The van der Waals surface area contributed by atoms with Crippen molar-refractivity contribution in [3.8, 4) is 0 Å². The Balaban J connectivity index is 3.08. The molecule has 4 heteroatoms. The maximum atomic E-state index is 11.4. The van der Waals surface area contributed by atoms with Gasteiger partial charge >= 0.3 is 5.97 Å². The van der Waals surface area contributed by atoms with Crippen LogP contribution >= 0.6 is 0 Å². The fourth-order valence-corrected chi connectivity index (χ4v) is 1.35. The van der Waals surface area contributed by atoms with Crippen LogP contribution in [0.4, 0.5) is 0 Å². The van der Waals surface area contributed by atoms with Gasteiger partial charge < -0.3 is 10.4 Å². The van der Waals surface area contributed by atoms with Crippen LogP contribution in [0.3, 0.4) is 0 Å². The topological polar surface area (TPSA) is 66.4 Å². The second-order valence-corrected chi connectivity index (χ2v) is 3.38. The molecule has 0 saturated carbocycles. The van der Waals surface area contributed by atoms with Crippen LogP contribution in [0.1, 0.15) is 21.5 Å². The zero-order chi connectivity index (χ0) is 12.1. The van der Waals surface area contributed by atoms with Crippen LogP contribution in [0.25, 0.3) is 6.08 Å². The average molecular weight is 219 g/mol. The molecule has 0 aliphatic heterocycles. The number of amides is 1. The largest absolute Gasteiger partial charge is 0.478 e. The van der Waals surface area contributed by atoms with Crippen LogP contribution in [-0.4, -0.2) is 24.0 Å². The second-order valence-electron chi connectivity index (χ2n) is 3.38. The maximum Gasteiger partial charge on any atom is 0.328 e. The fraction of sp³-hybridized carbons (Fsp3) is 0.167. The van der Waals surface area contributed by atoms with Crippen molar-refractivity contribution >= 4 is 18.0 Å². The number of benzene rings is 1. The molecule has 1 aromatic rings. The van der Waals surface area contributed by atoms with Crippen molar-refractivity contribution in [2.24, 2.45) is 0 Å². The standard InChI is InChI=1S/C12H13NO3/c1-8-5-9(3-4-11(14)15)7-10(6-8)12(16)13-2/h3-7H,1-2H3,(H,13,16)(H,14,15). The molecule has 0 fully saturated rings. The third-order valence-corrected chi connectivity index (χ3v) is 2.01. The zero-order valence-electron chi connectivity index (χ0n) is 9.15. The number of nitrogens with one attached hydrogen (secondary N) is 1. The molecule has 4 nitrogen and oxygen atoms in total. The SMILES string of the molecule is CNC(=O)c1cc(C)cc(C=CC(=O)O)c1. The van der Waals surface area contributed by atoms with Gasteiger partial charge in [-0.3, -0.25) is 4.79 Å². The van der Waals surface area contributed by atoms with Gasteiger partial charge in [0.2, 0.25) is 0 Å². The highest BCUT2D eigenvalue weighted by molar-refractivity contribution is 5.95. The Hall–Kier alpha value is -2.10. The van der Waals surface area contributed by atoms with Crippen LogP contribution in [0.5, 0.6) is 0 Å². The summed E-state index contributed by atoms with van der Waals surface area (Å²) in [7, 11) is 1.55. The minimum atomic E-state index is -1.01. The van der Waals surface area contributed by atoms with Gasteiger partial charge in [0.25, 0.3) is 5.91 Å². The van der Waals surface area contributed by atoms with Crippen molar-refractivity contribution in [2.75, 3.05) is 7.05 Å². The smallest absolute Gasteiger partial charge is 0.328 e. The first-order valence-corrected chi connectivity index (χ1v) is 4.77. The molecule has 0 aliphatic carbocycles. The van der Waals surface area contributed by atoms with Crippen molar-refractivity contribution in [1.29, 1.82) is 0 Å². The van der Waals surface area contributed by atoms with Gasteiger partial charge in [-0.1, -0.05) is 6.07 Å². The summed E-state index contributed by atoms with van der Waals surface area (Å²) >= 11 is 0. The maximum absolute atomic E-state index is 11.4. The Labute approximate surface area is 93.6 Å². The first-order valence-electron chi connectivity index (χ1n) is 4.77. The molecule has 0 bridgehead atoms. The molecule has 0 aliphatic rings. The first kappa shape index (κ1) is 12.0. The third kappa shape index (κ3) is 3.24. The Morgan fingerprint density at radius 1 is 1.31 bits per heavy atom. The predicted octanol–water partition coefficient (Wildman–Crippen LogP) is 1.45. The van der Waals surface area contributed by atoms with Gasteiger partial charge in [-0.2, -0.15) is 0 Å². The van der Waals surface area contributed by atoms with Crippen molar-refractivity contribution < 1.29 is 14.7 Å². The van der Waals surface area contributed by atoms with E-state index in [0.29, 0.717) is 11.1 Å². The molecule has 0 spiro atoms. The van der Waals surface area contributed by atoms with Gasteiger partial charge in [0, 0.05) is 18.7 Å². The van der Waals surface area contributed by atoms with Crippen molar-refractivity contribution in [3.05, 3.63) is 41.0 Å². The van der Waals surface area contributed by atoms with Gasteiger partial charge in [0.05, 0.1) is 0 Å². The number of carbonyl (C=O) groups excluding carboxylic acids is 1. The zero-order valence-corrected chi connectivity index (χ0v) is 9.15. The lowest BCUT2D eigenvalue weighted by Crippen LogP contribution is -2.17. The lowest BCUT2D eigenvalue weighted by molar-refractivity contribution is -0.131. The molecule has 84 valence electrons. The van der Waals surface area contributed by atoms with E-state index in [4.69, 9.17) is 5.11 Å². The molecule has 16 heavy (non-hydrogen) atoms. The Morgan fingerprint density at radius 3 is 2.56 bits per heavy atom. The summed E-state index contributed by atoms with van der Waals surface area (Å²) in [5.41, 5.74) is 2.12. The van der Waals surface area contributed by atoms with Gasteiger partial charge in [0.1, 0.15) is 0 Å². The molecule has 0 heterocycles. The molecule has 0 atom stereocenters. The van der Waals surface area contributed by atoms with E-state index in [2.05, 4.69) is 5.32 Å². The van der Waals surface area contributed by atoms with E-state index in [-0.39, 0.29) is 5.91 Å². The minimum absolute atomic E-state index is 0.186. The van der Waals surface area contributed by atoms with E-state index in [1.807, 2.05) is 13.0 Å². The average Bonchev–Trinajstić information content (AvgIpc) is 2.24. The van der Waals surface area contributed by atoms with Gasteiger partial charge in [-0.15, -0.1) is 0 Å². The summed E-state index contributed by atoms with van der Waals surface area (Å²) in [5, 5.41) is 11.0. The third-order valence-electron chi connectivity index (χ3n) is 2.01. The summed E-state index contributed by atoms with van der Waals surface area (Å²) in [4.78, 5) is 21.8. The van der Waals surface area contributed by atoms with Gasteiger partial charge in [-0.25, -0.2) is 4.79 Å². The molecule has 0 aromatic heterocycles. The number of carboxylic acid groups (broad SMARTS) is 1. The molecular formula is C12H13NO3.